The molecule has 3 N–H and O–H groups in total. The molecule has 0 fully saturated rings. The molecular weight excluding hydrogens is 262 g/mol. The first-order valence-electron chi connectivity index (χ1n) is 5.55. The van der Waals surface area contributed by atoms with Gasteiger partial charge in [0.05, 0.1) is 12.7 Å². The normalized spacial score (nSPS) is 10.2. The van der Waals surface area contributed by atoms with Gasteiger partial charge < -0.3 is 15.6 Å². The number of nitrogens with two attached hydrogens (primary N) is 1. The first kappa shape index (κ1) is 13.3. The number of hydrogen-bond donors (Lipinski definition) is 2. The lowest BCUT2D eigenvalue weighted by Crippen LogP contribution is -1.98. The number of nitrogen functional groups attached to an aromatic ring is 1. The van der Waals surface area contributed by atoms with Crippen molar-refractivity contribution in [3.63, 3.8) is 0 Å². The molecule has 0 heterocycles. The molecule has 0 aliphatic rings. The molecule has 0 radical (unpaired) electrons. The summed E-state index contributed by atoms with van der Waals surface area (Å²) in [6.07, 6.45) is 0. The van der Waals surface area contributed by atoms with Crippen LogP contribution in [0.3, 0.4) is 0 Å². The molecule has 0 spiro atoms. The highest BCUT2D eigenvalue weighted by Gasteiger charge is 2.07. The fourth-order valence-electron chi connectivity index (χ4n) is 1.55. The topological polar surface area (TPSA) is 72.5 Å². The summed E-state index contributed by atoms with van der Waals surface area (Å²) in [5, 5.41) is 8.87. The molecule has 19 heavy (non-hydrogen) atoms. The van der Waals surface area contributed by atoms with Crippen molar-refractivity contribution in [3.8, 4) is 5.75 Å². The maximum atomic E-state index is 10.8. The summed E-state index contributed by atoms with van der Waals surface area (Å²) in [6, 6.07) is 12.3. The Labute approximate surface area is 115 Å². The molecule has 2 aromatic rings. The number of anilines is 1. The van der Waals surface area contributed by atoms with Crippen molar-refractivity contribution in [1.29, 1.82) is 0 Å². The molecule has 0 aromatic heterocycles. The number of benzene rings is 2. The van der Waals surface area contributed by atoms with Gasteiger partial charge in [-0.3, -0.25) is 0 Å². The van der Waals surface area contributed by atoms with Crippen LogP contribution in [0.1, 0.15) is 10.4 Å². The molecule has 4 nitrogen and oxygen atoms in total. The van der Waals surface area contributed by atoms with Gasteiger partial charge >= 0.3 is 5.97 Å². The second-order valence-corrected chi connectivity index (χ2v) is 4.95. The van der Waals surface area contributed by atoms with Crippen molar-refractivity contribution >= 4 is 23.4 Å². The molecule has 0 bridgehead atoms. The molecule has 2 aromatic carbocycles. The lowest BCUT2D eigenvalue weighted by molar-refractivity contribution is 0.0697. The quantitative estimate of drug-likeness (QED) is 0.839. The van der Waals surface area contributed by atoms with E-state index < -0.39 is 5.97 Å². The van der Waals surface area contributed by atoms with Crippen LogP contribution in [0.25, 0.3) is 0 Å². The number of methoxy groups -OCH3 is 1. The third kappa shape index (κ3) is 3.20. The van der Waals surface area contributed by atoms with Crippen molar-refractivity contribution in [2.45, 2.75) is 9.79 Å². The van der Waals surface area contributed by atoms with Crippen LogP contribution >= 0.6 is 11.8 Å². The molecule has 0 saturated carbocycles. The molecular formula is C14H13NO3S. The molecule has 0 aliphatic heterocycles. The van der Waals surface area contributed by atoms with Gasteiger partial charge in [-0.25, -0.2) is 4.79 Å². The Balaban J connectivity index is 2.20. The number of aromatic carboxylic acids is 1. The molecule has 2 rings (SSSR count). The summed E-state index contributed by atoms with van der Waals surface area (Å²) >= 11 is 1.48. The summed E-state index contributed by atoms with van der Waals surface area (Å²) in [4.78, 5) is 12.7. The van der Waals surface area contributed by atoms with Crippen LogP contribution < -0.4 is 10.5 Å². The first-order chi connectivity index (χ1) is 9.10. The smallest absolute Gasteiger partial charge is 0.335 e. The van der Waals surface area contributed by atoms with Crippen molar-refractivity contribution in [1.82, 2.24) is 0 Å². The van der Waals surface area contributed by atoms with Crippen LogP contribution in [0.5, 0.6) is 5.75 Å². The van der Waals surface area contributed by atoms with Gasteiger partial charge in [0.1, 0.15) is 5.75 Å². The fraction of sp³-hybridized carbons (Fsp3) is 0.0714. The Morgan fingerprint density at radius 1 is 1.21 bits per heavy atom. The van der Waals surface area contributed by atoms with Crippen molar-refractivity contribution in [3.05, 3.63) is 48.0 Å². The van der Waals surface area contributed by atoms with Crippen LogP contribution in [0.2, 0.25) is 0 Å². The van der Waals surface area contributed by atoms with Gasteiger partial charge in [-0.05, 0) is 42.5 Å². The van der Waals surface area contributed by atoms with Crippen LogP contribution in [-0.2, 0) is 0 Å². The van der Waals surface area contributed by atoms with E-state index in [9.17, 15) is 4.79 Å². The van der Waals surface area contributed by atoms with E-state index in [-0.39, 0.29) is 5.56 Å². The van der Waals surface area contributed by atoms with Crippen molar-refractivity contribution in [2.75, 3.05) is 12.8 Å². The number of ether oxygens (including phenoxy) is 1. The number of hydrogen-bond acceptors (Lipinski definition) is 4. The van der Waals surface area contributed by atoms with Crippen LogP contribution in [0.15, 0.2) is 52.3 Å². The number of carboxylic acid groups (broad SMARTS) is 1. The average molecular weight is 275 g/mol. The zero-order chi connectivity index (χ0) is 13.8. The highest BCUT2D eigenvalue weighted by molar-refractivity contribution is 7.99. The summed E-state index contributed by atoms with van der Waals surface area (Å²) < 4.78 is 5.09. The lowest BCUT2D eigenvalue weighted by Gasteiger charge is -2.07. The van der Waals surface area contributed by atoms with Crippen LogP contribution in [0, 0.1) is 0 Å². The van der Waals surface area contributed by atoms with Crippen LogP contribution in [0.4, 0.5) is 5.69 Å². The highest BCUT2D eigenvalue weighted by Crippen LogP contribution is 2.33. The van der Waals surface area contributed by atoms with E-state index in [1.165, 1.54) is 17.8 Å². The largest absolute Gasteiger partial charge is 0.497 e. The zero-order valence-electron chi connectivity index (χ0n) is 10.3. The molecule has 98 valence electrons. The minimum Gasteiger partial charge on any atom is -0.497 e. The Morgan fingerprint density at radius 3 is 2.42 bits per heavy atom. The van der Waals surface area contributed by atoms with Gasteiger partial charge in [-0.15, -0.1) is 0 Å². The lowest BCUT2D eigenvalue weighted by atomic mass is 10.2. The molecule has 0 saturated heterocycles. The number of carboxylic acids is 1. The standard InChI is InChI=1S/C14H13NO3S/c1-18-10-3-5-11(6-4-10)19-13-7-2-9(14(16)17)8-12(13)15/h2-8H,15H2,1H3,(H,16,17). The third-order valence-electron chi connectivity index (χ3n) is 2.54. The third-order valence-corrected chi connectivity index (χ3v) is 3.64. The van der Waals surface area contributed by atoms with E-state index in [1.807, 2.05) is 24.3 Å². The Kier molecular flexibility index (Phi) is 3.97. The Bertz CT molecular complexity index is 596. The molecule has 0 unspecified atom stereocenters. The zero-order valence-corrected chi connectivity index (χ0v) is 11.1. The van der Waals surface area contributed by atoms with Crippen molar-refractivity contribution < 1.29 is 14.6 Å². The summed E-state index contributed by atoms with van der Waals surface area (Å²) in [5.74, 6) is -0.189. The summed E-state index contributed by atoms with van der Waals surface area (Å²) in [5.41, 5.74) is 6.50. The predicted molar refractivity (Wildman–Crippen MR) is 74.9 cm³/mol. The summed E-state index contributed by atoms with van der Waals surface area (Å²) in [7, 11) is 1.62. The van der Waals surface area contributed by atoms with Gasteiger partial charge in [-0.2, -0.15) is 0 Å². The van der Waals surface area contributed by atoms with Crippen molar-refractivity contribution in [2.24, 2.45) is 0 Å². The molecule has 0 atom stereocenters. The molecule has 0 aliphatic carbocycles. The second kappa shape index (κ2) is 5.67. The van der Waals surface area contributed by atoms with E-state index in [4.69, 9.17) is 15.6 Å². The van der Waals surface area contributed by atoms with E-state index in [2.05, 4.69) is 0 Å². The van der Waals surface area contributed by atoms with Crippen LogP contribution in [-0.4, -0.2) is 18.2 Å². The molecule has 0 amide bonds. The second-order valence-electron chi connectivity index (χ2n) is 3.84. The highest BCUT2D eigenvalue weighted by atomic mass is 32.2. The maximum Gasteiger partial charge on any atom is 0.335 e. The van der Waals surface area contributed by atoms with E-state index in [0.29, 0.717) is 5.69 Å². The Morgan fingerprint density at radius 2 is 1.89 bits per heavy atom. The van der Waals surface area contributed by atoms with E-state index in [1.54, 1.807) is 19.2 Å². The molecule has 5 heteroatoms. The van der Waals surface area contributed by atoms with E-state index in [0.717, 1.165) is 15.5 Å². The maximum absolute atomic E-state index is 10.8. The fourth-order valence-corrected chi connectivity index (χ4v) is 2.38. The number of carbonyl (C=O) groups is 1. The average Bonchev–Trinajstić information content (AvgIpc) is 2.41. The first-order valence-corrected chi connectivity index (χ1v) is 6.36. The minimum absolute atomic E-state index is 0.191. The van der Waals surface area contributed by atoms with Gasteiger partial charge in [0.25, 0.3) is 0 Å². The minimum atomic E-state index is -0.979. The van der Waals surface area contributed by atoms with Gasteiger partial charge in [-0.1, -0.05) is 11.8 Å². The Hall–Kier alpha value is -2.14. The monoisotopic (exact) mass is 275 g/mol. The number of rotatable bonds is 4. The summed E-state index contributed by atoms with van der Waals surface area (Å²) in [6.45, 7) is 0. The predicted octanol–water partition coefficient (Wildman–Crippen LogP) is 3.13. The van der Waals surface area contributed by atoms with E-state index >= 15 is 0 Å². The SMILES string of the molecule is COc1ccc(Sc2ccc(C(=O)O)cc2N)cc1. The van der Waals surface area contributed by atoms with Gasteiger partial charge in [0, 0.05) is 15.5 Å². The van der Waals surface area contributed by atoms with Gasteiger partial charge in [0.2, 0.25) is 0 Å². The van der Waals surface area contributed by atoms with Gasteiger partial charge in [0.15, 0.2) is 0 Å².